The zero-order valence-corrected chi connectivity index (χ0v) is 5.27. The highest BCUT2D eigenvalue weighted by Crippen LogP contribution is 2.50. The first-order valence-electron chi connectivity index (χ1n) is 2.01. The number of thioether (sulfide) groups is 1. The highest BCUT2D eigenvalue weighted by molar-refractivity contribution is 8.01. The predicted molar refractivity (Wildman–Crippen MR) is 31.3 cm³/mol. The summed E-state index contributed by atoms with van der Waals surface area (Å²) in [5, 5.41) is 0. The molecule has 1 fully saturated rings. The first kappa shape index (κ1) is 4.79. The molecule has 0 radical (unpaired) electrons. The molecule has 6 heavy (non-hydrogen) atoms. The second-order valence-electron chi connectivity index (χ2n) is 1.59. The van der Waals surface area contributed by atoms with E-state index in [1.807, 2.05) is 0 Å². The minimum absolute atomic E-state index is 0.181. The van der Waals surface area contributed by atoms with Crippen molar-refractivity contribution in [3.05, 3.63) is 0 Å². The summed E-state index contributed by atoms with van der Waals surface area (Å²) in [6, 6.07) is 0. The van der Waals surface area contributed by atoms with E-state index in [-0.39, 0.29) is 4.21 Å². The Morgan fingerprint density at radius 2 is 2.17 bits per heavy atom. The van der Waals surface area contributed by atoms with Gasteiger partial charge < -0.3 is 0 Å². The van der Waals surface area contributed by atoms with Crippen LogP contribution < -0.4 is 0 Å². The van der Waals surface area contributed by atoms with E-state index < -0.39 is 0 Å². The molecule has 36 valence electrons. The summed E-state index contributed by atoms with van der Waals surface area (Å²) in [6.07, 6.45) is 4.46. The molecule has 0 aliphatic heterocycles. The molecule has 0 bridgehead atoms. The van der Waals surface area contributed by atoms with E-state index >= 15 is 0 Å². The van der Waals surface area contributed by atoms with Gasteiger partial charge in [-0.2, -0.15) is 0 Å². The molecule has 2 heteroatoms. The molecule has 0 atom stereocenters. The van der Waals surface area contributed by atoms with Crippen molar-refractivity contribution in [2.75, 3.05) is 6.26 Å². The Hall–Kier alpha value is 0.640. The number of hydrogen-bond acceptors (Lipinski definition) is 1. The van der Waals surface area contributed by atoms with E-state index in [2.05, 4.69) is 6.26 Å². The zero-order chi connectivity index (χ0) is 4.62. The van der Waals surface area contributed by atoms with Crippen LogP contribution in [0.2, 0.25) is 0 Å². The molecule has 0 amide bonds. The average molecular weight is 123 g/mol. The summed E-state index contributed by atoms with van der Waals surface area (Å²) in [7, 11) is 0. The fourth-order valence-corrected chi connectivity index (χ4v) is 0.907. The molecule has 0 N–H and O–H groups in total. The van der Waals surface area contributed by atoms with Gasteiger partial charge in [-0.25, -0.2) is 0 Å². The first-order valence-corrected chi connectivity index (χ1v) is 3.61. The van der Waals surface area contributed by atoms with Gasteiger partial charge in [-0.05, 0) is 19.1 Å². The molecule has 1 rings (SSSR count). The van der Waals surface area contributed by atoms with Crippen LogP contribution in [-0.2, 0) is 0 Å². The molecule has 0 aromatic rings. The minimum Gasteiger partial charge on any atom is -0.142 e. The second-order valence-corrected chi connectivity index (χ2v) is 3.72. The van der Waals surface area contributed by atoms with Crippen LogP contribution in [0.5, 0.6) is 0 Å². The van der Waals surface area contributed by atoms with Gasteiger partial charge in [0.05, 0.1) is 4.21 Å². The Labute approximate surface area is 47.3 Å². The zero-order valence-electron chi connectivity index (χ0n) is 3.70. The lowest BCUT2D eigenvalue weighted by atomic mass is 11.0. The summed E-state index contributed by atoms with van der Waals surface area (Å²) < 4.78 is 0.181. The van der Waals surface area contributed by atoms with Crippen LogP contribution in [0.3, 0.4) is 0 Å². The fraction of sp³-hybridized carbons (Fsp3) is 1.00. The first-order chi connectivity index (χ1) is 2.77. The molecule has 0 heterocycles. The third kappa shape index (κ3) is 0.824. The van der Waals surface area contributed by atoms with E-state index in [1.165, 1.54) is 12.8 Å². The van der Waals surface area contributed by atoms with Crippen LogP contribution in [0.4, 0.5) is 0 Å². The monoisotopic (exact) mass is 122 g/mol. The van der Waals surface area contributed by atoms with Crippen LogP contribution >= 0.6 is 23.4 Å². The quantitative estimate of drug-likeness (QED) is 0.480. The largest absolute Gasteiger partial charge is 0.142 e. The third-order valence-corrected chi connectivity index (χ3v) is 2.99. The minimum atomic E-state index is 0.181. The lowest BCUT2D eigenvalue weighted by Gasteiger charge is -1.93. The normalized spacial score (nSPS) is 27.0. The van der Waals surface area contributed by atoms with Crippen LogP contribution in [0.15, 0.2) is 0 Å². The number of hydrogen-bond donors (Lipinski definition) is 0. The summed E-state index contributed by atoms with van der Waals surface area (Å²) in [4.78, 5) is 0. The SMILES string of the molecule is CSC1(Cl)CC1. The number of rotatable bonds is 1. The molecule has 1 aliphatic rings. The fourth-order valence-electron chi connectivity index (χ4n) is 0.302. The average Bonchev–Trinajstić information content (AvgIpc) is 2.22. The van der Waals surface area contributed by atoms with Crippen molar-refractivity contribution < 1.29 is 0 Å². The Kier molecular flexibility index (Phi) is 1.04. The number of halogens is 1. The van der Waals surface area contributed by atoms with Crippen molar-refractivity contribution in [2.45, 2.75) is 17.0 Å². The van der Waals surface area contributed by atoms with Gasteiger partial charge in [0.25, 0.3) is 0 Å². The van der Waals surface area contributed by atoms with E-state index in [0.29, 0.717) is 0 Å². The van der Waals surface area contributed by atoms with Crippen LogP contribution in [0.25, 0.3) is 0 Å². The molecule has 0 nitrogen and oxygen atoms in total. The summed E-state index contributed by atoms with van der Waals surface area (Å²) in [5.74, 6) is 0. The molecule has 0 spiro atoms. The Bertz CT molecular complexity index is 58.6. The summed E-state index contributed by atoms with van der Waals surface area (Å²) in [5.41, 5.74) is 0. The highest BCUT2D eigenvalue weighted by Gasteiger charge is 2.39. The topological polar surface area (TPSA) is 0 Å². The molecule has 0 unspecified atom stereocenters. The van der Waals surface area contributed by atoms with Crippen molar-refractivity contribution >= 4 is 23.4 Å². The Morgan fingerprint density at radius 3 is 2.17 bits per heavy atom. The maximum absolute atomic E-state index is 5.79. The molecule has 0 saturated heterocycles. The van der Waals surface area contributed by atoms with Crippen molar-refractivity contribution in [2.24, 2.45) is 0 Å². The molecular weight excluding hydrogens is 116 g/mol. The van der Waals surface area contributed by atoms with Crippen molar-refractivity contribution in [1.82, 2.24) is 0 Å². The lowest BCUT2D eigenvalue weighted by molar-refractivity contribution is 1.38. The second kappa shape index (κ2) is 1.31. The molecule has 1 aliphatic carbocycles. The standard InChI is InChI=1S/C4H7ClS/c1-6-4(5)2-3-4/h2-3H2,1H3. The van der Waals surface area contributed by atoms with E-state index in [1.54, 1.807) is 11.8 Å². The maximum Gasteiger partial charge on any atom is 0.0895 e. The van der Waals surface area contributed by atoms with Gasteiger partial charge in [-0.1, -0.05) is 0 Å². The van der Waals surface area contributed by atoms with Crippen molar-refractivity contribution in [1.29, 1.82) is 0 Å². The van der Waals surface area contributed by atoms with Crippen LogP contribution in [0.1, 0.15) is 12.8 Å². The van der Waals surface area contributed by atoms with Gasteiger partial charge >= 0.3 is 0 Å². The van der Waals surface area contributed by atoms with Crippen molar-refractivity contribution in [3.63, 3.8) is 0 Å². The van der Waals surface area contributed by atoms with Gasteiger partial charge in [0.1, 0.15) is 0 Å². The third-order valence-electron chi connectivity index (χ3n) is 1.01. The molecule has 0 aromatic carbocycles. The summed E-state index contributed by atoms with van der Waals surface area (Å²) >= 11 is 7.55. The Morgan fingerprint density at radius 1 is 1.67 bits per heavy atom. The highest BCUT2D eigenvalue weighted by atomic mass is 35.5. The molecule has 1 saturated carbocycles. The van der Waals surface area contributed by atoms with Gasteiger partial charge in [0.15, 0.2) is 0 Å². The van der Waals surface area contributed by atoms with Gasteiger partial charge in [0.2, 0.25) is 0 Å². The molecule has 0 aromatic heterocycles. The van der Waals surface area contributed by atoms with E-state index in [4.69, 9.17) is 11.6 Å². The van der Waals surface area contributed by atoms with Crippen molar-refractivity contribution in [3.8, 4) is 0 Å². The molecular formula is C4H7ClS. The van der Waals surface area contributed by atoms with E-state index in [9.17, 15) is 0 Å². The number of alkyl halides is 1. The summed E-state index contributed by atoms with van der Waals surface area (Å²) in [6.45, 7) is 0. The maximum atomic E-state index is 5.79. The van der Waals surface area contributed by atoms with Crippen LogP contribution in [-0.4, -0.2) is 10.5 Å². The van der Waals surface area contributed by atoms with Gasteiger partial charge in [-0.15, -0.1) is 23.4 Å². The van der Waals surface area contributed by atoms with Crippen LogP contribution in [0, 0.1) is 0 Å². The lowest BCUT2D eigenvalue weighted by Crippen LogP contribution is -1.82. The van der Waals surface area contributed by atoms with Gasteiger partial charge in [-0.3, -0.25) is 0 Å². The van der Waals surface area contributed by atoms with Gasteiger partial charge in [0, 0.05) is 0 Å². The van der Waals surface area contributed by atoms with E-state index in [0.717, 1.165) is 0 Å². The Balaban J connectivity index is 2.28. The smallest absolute Gasteiger partial charge is 0.0895 e. The predicted octanol–water partition coefficient (Wildman–Crippen LogP) is 2.08.